The zero-order valence-corrected chi connectivity index (χ0v) is 20.3. The molecule has 37 heavy (non-hydrogen) atoms. The van der Waals surface area contributed by atoms with Crippen LogP contribution in [0.15, 0.2) is 42.5 Å². The van der Waals surface area contributed by atoms with Crippen LogP contribution in [0.1, 0.15) is 47.6 Å². The molecule has 2 aliphatic rings. The third kappa shape index (κ3) is 6.45. The highest BCUT2D eigenvalue weighted by Gasteiger charge is 2.44. The molecule has 2 aromatic rings. The standard InChI is InChI=1S/C26H28F7NO3/c1-15(17-11-18(25(28,29)30)13-19(12-17)26(31,32)33)37-24-23(16-3-5-20(27)6-4-16)21(7-9-36-24)22-14-35-10-8-34(22)2/h3-6,11-13,15,21-24H,7-10,14H2,1-2H3/t15?,21-,22?,23-,24?/m1/s1. The number of rotatable bonds is 5. The quantitative estimate of drug-likeness (QED) is 0.414. The Labute approximate surface area is 210 Å². The molecule has 3 unspecified atom stereocenters. The molecule has 204 valence electrons. The van der Waals surface area contributed by atoms with E-state index in [9.17, 15) is 30.7 Å². The van der Waals surface area contributed by atoms with E-state index in [1.807, 2.05) is 7.05 Å². The van der Waals surface area contributed by atoms with Gasteiger partial charge in [0.1, 0.15) is 5.82 Å². The largest absolute Gasteiger partial charge is 0.416 e. The molecule has 2 aliphatic heterocycles. The molecule has 0 aliphatic carbocycles. The van der Waals surface area contributed by atoms with Crippen LogP contribution in [0.4, 0.5) is 30.7 Å². The summed E-state index contributed by atoms with van der Waals surface area (Å²) in [5.41, 5.74) is -2.40. The van der Waals surface area contributed by atoms with Gasteiger partial charge in [0, 0.05) is 18.5 Å². The maximum Gasteiger partial charge on any atom is 0.416 e. The molecule has 2 fully saturated rings. The molecule has 2 heterocycles. The summed E-state index contributed by atoms with van der Waals surface area (Å²) < 4.78 is 112. The highest BCUT2D eigenvalue weighted by molar-refractivity contribution is 5.35. The second kappa shape index (κ2) is 10.9. The van der Waals surface area contributed by atoms with Gasteiger partial charge in [-0.15, -0.1) is 0 Å². The smallest absolute Gasteiger partial charge is 0.378 e. The Hall–Kier alpha value is -2.21. The number of benzene rings is 2. The minimum Gasteiger partial charge on any atom is -0.378 e. The fraction of sp³-hybridized carbons (Fsp3) is 0.538. The van der Waals surface area contributed by atoms with E-state index in [4.69, 9.17) is 14.2 Å². The third-order valence-corrected chi connectivity index (χ3v) is 7.10. The summed E-state index contributed by atoms with van der Waals surface area (Å²) in [5, 5.41) is 0. The van der Waals surface area contributed by atoms with Crippen molar-refractivity contribution in [3.8, 4) is 0 Å². The van der Waals surface area contributed by atoms with Gasteiger partial charge in [-0.3, -0.25) is 4.90 Å². The van der Waals surface area contributed by atoms with Crippen LogP contribution < -0.4 is 0 Å². The topological polar surface area (TPSA) is 30.9 Å². The van der Waals surface area contributed by atoms with Crippen molar-refractivity contribution in [1.82, 2.24) is 4.90 Å². The molecular formula is C26H28F7NO3. The van der Waals surface area contributed by atoms with E-state index in [2.05, 4.69) is 4.90 Å². The van der Waals surface area contributed by atoms with Crippen LogP contribution in [0.2, 0.25) is 0 Å². The van der Waals surface area contributed by atoms with Crippen molar-refractivity contribution in [2.45, 2.75) is 50.1 Å². The Kier molecular flexibility index (Phi) is 8.18. The summed E-state index contributed by atoms with van der Waals surface area (Å²) in [6.45, 7) is 3.39. The van der Waals surface area contributed by atoms with E-state index < -0.39 is 47.6 Å². The summed E-state index contributed by atoms with van der Waals surface area (Å²) in [4.78, 5) is 2.15. The fourth-order valence-electron chi connectivity index (χ4n) is 5.10. The monoisotopic (exact) mass is 535 g/mol. The van der Waals surface area contributed by atoms with Crippen LogP contribution in [0.3, 0.4) is 0 Å². The normalized spacial score (nSPS) is 26.7. The number of alkyl halides is 6. The number of likely N-dealkylation sites (N-methyl/N-ethyl adjacent to an activating group) is 1. The molecular weight excluding hydrogens is 507 g/mol. The molecule has 0 N–H and O–H groups in total. The lowest BCUT2D eigenvalue weighted by molar-refractivity contribution is -0.217. The van der Waals surface area contributed by atoms with Crippen molar-refractivity contribution in [2.75, 3.05) is 33.4 Å². The van der Waals surface area contributed by atoms with E-state index in [1.165, 1.54) is 19.1 Å². The van der Waals surface area contributed by atoms with Crippen LogP contribution in [-0.4, -0.2) is 50.6 Å². The molecule has 4 rings (SSSR count). The first-order chi connectivity index (χ1) is 17.3. The predicted octanol–water partition coefficient (Wildman–Crippen LogP) is 6.42. The van der Waals surface area contributed by atoms with Gasteiger partial charge in [-0.05, 0) is 67.8 Å². The minimum atomic E-state index is -4.97. The van der Waals surface area contributed by atoms with Crippen molar-refractivity contribution in [1.29, 1.82) is 0 Å². The molecule has 2 saturated heterocycles. The van der Waals surface area contributed by atoms with Gasteiger partial charge in [-0.25, -0.2) is 4.39 Å². The number of halogens is 7. The summed E-state index contributed by atoms with van der Waals surface area (Å²) in [5.74, 6) is -0.975. The third-order valence-electron chi connectivity index (χ3n) is 7.10. The van der Waals surface area contributed by atoms with Gasteiger partial charge in [-0.2, -0.15) is 26.3 Å². The summed E-state index contributed by atoms with van der Waals surface area (Å²) >= 11 is 0. The Morgan fingerprint density at radius 3 is 2.14 bits per heavy atom. The second-order valence-corrected chi connectivity index (χ2v) is 9.51. The lowest BCUT2D eigenvalue weighted by Crippen LogP contribution is -2.52. The first-order valence-corrected chi connectivity index (χ1v) is 11.9. The Bertz CT molecular complexity index is 1030. The maximum absolute atomic E-state index is 13.7. The van der Waals surface area contributed by atoms with Gasteiger partial charge in [0.05, 0.1) is 37.1 Å². The lowest BCUT2D eigenvalue weighted by atomic mass is 9.76. The SMILES string of the molecule is CC(OC1OCC[C@H](C2COCCN2C)[C@H]1c1ccc(F)cc1)c1cc(C(F)(F)F)cc(C(F)(F)F)c1. The molecule has 0 saturated carbocycles. The van der Waals surface area contributed by atoms with Crippen LogP contribution in [0, 0.1) is 11.7 Å². The van der Waals surface area contributed by atoms with Crippen molar-refractivity contribution < 1.29 is 44.9 Å². The van der Waals surface area contributed by atoms with Gasteiger partial charge >= 0.3 is 12.4 Å². The molecule has 0 bridgehead atoms. The highest BCUT2D eigenvalue weighted by atomic mass is 19.4. The molecule has 2 aromatic carbocycles. The zero-order valence-electron chi connectivity index (χ0n) is 20.3. The van der Waals surface area contributed by atoms with Crippen LogP contribution >= 0.6 is 0 Å². The molecule has 5 atom stereocenters. The minimum absolute atomic E-state index is 0.0282. The first kappa shape index (κ1) is 27.8. The Morgan fingerprint density at radius 2 is 1.57 bits per heavy atom. The lowest BCUT2D eigenvalue weighted by Gasteiger charge is -2.46. The summed E-state index contributed by atoms with van der Waals surface area (Å²) in [6.07, 6.45) is -11.5. The van der Waals surface area contributed by atoms with Gasteiger partial charge in [0.2, 0.25) is 0 Å². The van der Waals surface area contributed by atoms with Crippen molar-refractivity contribution in [3.63, 3.8) is 0 Å². The van der Waals surface area contributed by atoms with Crippen LogP contribution in [0.25, 0.3) is 0 Å². The van der Waals surface area contributed by atoms with E-state index in [0.717, 1.165) is 0 Å². The number of ether oxygens (including phenoxy) is 3. The average Bonchev–Trinajstić information content (AvgIpc) is 2.83. The van der Waals surface area contributed by atoms with Crippen LogP contribution in [0.5, 0.6) is 0 Å². The van der Waals surface area contributed by atoms with Crippen LogP contribution in [-0.2, 0) is 26.6 Å². The molecule has 4 nitrogen and oxygen atoms in total. The van der Waals surface area contributed by atoms with Crippen molar-refractivity contribution >= 4 is 0 Å². The molecule has 0 radical (unpaired) electrons. The van der Waals surface area contributed by atoms with E-state index in [1.54, 1.807) is 12.1 Å². The number of morpholine rings is 1. The summed E-state index contributed by atoms with van der Waals surface area (Å²) in [6, 6.07) is 7.17. The predicted molar refractivity (Wildman–Crippen MR) is 120 cm³/mol. The van der Waals surface area contributed by atoms with Crippen molar-refractivity contribution in [2.24, 2.45) is 5.92 Å². The number of nitrogens with zero attached hydrogens (tertiary/aromatic N) is 1. The molecule has 0 aromatic heterocycles. The van der Waals surface area contributed by atoms with E-state index >= 15 is 0 Å². The zero-order chi connectivity index (χ0) is 27.0. The average molecular weight is 536 g/mol. The fourth-order valence-corrected chi connectivity index (χ4v) is 5.10. The molecule has 11 heteroatoms. The highest BCUT2D eigenvalue weighted by Crippen LogP contribution is 2.43. The Balaban J connectivity index is 1.67. The van der Waals surface area contributed by atoms with Gasteiger partial charge < -0.3 is 14.2 Å². The summed E-state index contributed by atoms with van der Waals surface area (Å²) in [7, 11) is 1.96. The Morgan fingerprint density at radius 1 is 0.946 bits per heavy atom. The number of hydrogen-bond acceptors (Lipinski definition) is 4. The van der Waals surface area contributed by atoms with Gasteiger partial charge in [0.15, 0.2) is 6.29 Å². The maximum atomic E-state index is 13.7. The van der Waals surface area contributed by atoms with E-state index in [0.29, 0.717) is 43.9 Å². The van der Waals surface area contributed by atoms with Gasteiger partial charge in [-0.1, -0.05) is 12.1 Å². The van der Waals surface area contributed by atoms with E-state index in [-0.39, 0.29) is 30.2 Å². The van der Waals surface area contributed by atoms with Gasteiger partial charge in [0.25, 0.3) is 0 Å². The molecule has 0 amide bonds. The second-order valence-electron chi connectivity index (χ2n) is 9.51. The first-order valence-electron chi connectivity index (χ1n) is 11.9. The molecule has 0 spiro atoms. The van der Waals surface area contributed by atoms with Crippen molar-refractivity contribution in [3.05, 3.63) is 70.5 Å². The number of hydrogen-bond donors (Lipinski definition) is 0.